The summed E-state index contributed by atoms with van der Waals surface area (Å²) in [5.41, 5.74) is 1.18. The van der Waals surface area contributed by atoms with Gasteiger partial charge in [-0.25, -0.2) is 4.98 Å². The zero-order chi connectivity index (χ0) is 20.9. The number of amides is 2. The fourth-order valence-corrected chi connectivity index (χ4v) is 6.25. The summed E-state index contributed by atoms with van der Waals surface area (Å²) in [5.74, 6) is -0.0609. The van der Waals surface area contributed by atoms with E-state index in [4.69, 9.17) is 0 Å². The topological polar surface area (TPSA) is 71.1 Å². The number of benzene rings is 1. The van der Waals surface area contributed by atoms with E-state index in [1.54, 1.807) is 0 Å². The first-order valence-corrected chi connectivity index (χ1v) is 11.2. The van der Waals surface area contributed by atoms with Gasteiger partial charge < -0.3 is 10.6 Å². The molecule has 5 unspecified atom stereocenters. The summed E-state index contributed by atoms with van der Waals surface area (Å²) in [5, 5.41) is 8.80. The Labute approximate surface area is 180 Å². The Morgan fingerprint density at radius 1 is 1.27 bits per heavy atom. The number of carbonyl (C=O) groups excluding carboxylic acids is 2. The molecule has 0 radical (unpaired) electrons. The van der Waals surface area contributed by atoms with E-state index in [1.807, 2.05) is 42.7 Å². The Balaban J connectivity index is 1.36. The van der Waals surface area contributed by atoms with Gasteiger partial charge in [-0.1, -0.05) is 61.6 Å². The quantitative estimate of drug-likeness (QED) is 0.788. The normalized spacial score (nSPS) is 33.8. The van der Waals surface area contributed by atoms with Crippen LogP contribution < -0.4 is 10.6 Å². The fraction of sp³-hybridized carbons (Fsp3) is 0.375. The van der Waals surface area contributed by atoms with Gasteiger partial charge in [-0.15, -0.1) is 11.3 Å². The van der Waals surface area contributed by atoms with Crippen LogP contribution in [0.15, 0.2) is 60.0 Å². The molecule has 2 N–H and O–H groups in total. The van der Waals surface area contributed by atoms with Crippen molar-refractivity contribution in [3.8, 4) is 0 Å². The van der Waals surface area contributed by atoms with Gasteiger partial charge >= 0.3 is 0 Å². The molecule has 5 nitrogen and oxygen atoms in total. The van der Waals surface area contributed by atoms with Crippen molar-refractivity contribution in [2.75, 3.05) is 5.32 Å². The van der Waals surface area contributed by atoms with E-state index in [-0.39, 0.29) is 35.1 Å². The number of carbonyl (C=O) groups is 2. The fourth-order valence-electron chi connectivity index (χ4n) is 5.54. The van der Waals surface area contributed by atoms with Gasteiger partial charge in [-0.2, -0.15) is 0 Å². The van der Waals surface area contributed by atoms with Gasteiger partial charge in [0.1, 0.15) is 0 Å². The molecule has 1 aromatic heterocycles. The molecule has 30 heavy (non-hydrogen) atoms. The summed E-state index contributed by atoms with van der Waals surface area (Å²) in [6.07, 6.45) is 9.61. The molecule has 0 spiro atoms. The van der Waals surface area contributed by atoms with Gasteiger partial charge in [-0.3, -0.25) is 9.59 Å². The second-order valence-corrected chi connectivity index (χ2v) is 9.92. The molecule has 154 valence electrons. The molecule has 2 aliphatic heterocycles. The molecule has 1 saturated carbocycles. The molecule has 3 heterocycles. The van der Waals surface area contributed by atoms with Gasteiger partial charge in [0.05, 0.1) is 17.2 Å². The summed E-state index contributed by atoms with van der Waals surface area (Å²) in [6.45, 7) is 4.13. The number of hydrogen-bond acceptors (Lipinski definition) is 4. The molecule has 3 fully saturated rings. The summed E-state index contributed by atoms with van der Waals surface area (Å²) < 4.78 is 0. The number of piperidine rings is 2. The largest absolute Gasteiger partial charge is 0.351 e. The minimum Gasteiger partial charge on any atom is -0.351 e. The van der Waals surface area contributed by atoms with Crippen molar-refractivity contribution in [1.29, 1.82) is 0 Å². The number of rotatable bonds is 4. The standard InChI is InChI=1S/C24H25N3O2S/c1-23-11-7-6-10-18(23)17-13-24(2,20(23)26-19(17)28)21(29)27-22-25-16(14-30-22)12-15-8-4-3-5-9-15/h3-11,14,17-18,20H,12-13H2,1-2H3,(H,26,28)(H,25,27,29). The predicted octanol–water partition coefficient (Wildman–Crippen LogP) is 3.95. The lowest BCUT2D eigenvalue weighted by Gasteiger charge is -2.60. The van der Waals surface area contributed by atoms with Crippen LogP contribution in [0.4, 0.5) is 5.13 Å². The van der Waals surface area contributed by atoms with Crippen LogP contribution in [0, 0.1) is 22.7 Å². The van der Waals surface area contributed by atoms with Crippen molar-refractivity contribution in [1.82, 2.24) is 10.3 Å². The minimum absolute atomic E-state index is 0.0621. The Morgan fingerprint density at radius 2 is 2.07 bits per heavy atom. The molecule has 6 heteroatoms. The second-order valence-electron chi connectivity index (χ2n) is 9.07. The highest BCUT2D eigenvalue weighted by molar-refractivity contribution is 7.13. The molecule has 2 amide bonds. The summed E-state index contributed by atoms with van der Waals surface area (Å²) in [4.78, 5) is 30.6. The highest BCUT2D eigenvalue weighted by Crippen LogP contribution is 2.58. The van der Waals surface area contributed by atoms with Crippen LogP contribution in [-0.4, -0.2) is 22.8 Å². The first-order chi connectivity index (χ1) is 14.4. The SMILES string of the molecule is CC1(C(=O)Nc2nc(Cc3ccccc3)cs2)CC2C(=O)NC1C1(C)C=CC=CC21. The van der Waals surface area contributed by atoms with E-state index >= 15 is 0 Å². The van der Waals surface area contributed by atoms with Crippen LogP contribution in [0.3, 0.4) is 0 Å². The van der Waals surface area contributed by atoms with Crippen LogP contribution in [0.2, 0.25) is 0 Å². The monoisotopic (exact) mass is 419 g/mol. The van der Waals surface area contributed by atoms with E-state index in [0.29, 0.717) is 11.6 Å². The highest BCUT2D eigenvalue weighted by atomic mass is 32.1. The van der Waals surface area contributed by atoms with E-state index in [0.717, 1.165) is 12.1 Å². The van der Waals surface area contributed by atoms with Crippen LogP contribution >= 0.6 is 11.3 Å². The van der Waals surface area contributed by atoms with Crippen molar-refractivity contribution < 1.29 is 9.59 Å². The Hall–Kier alpha value is -2.73. The summed E-state index contributed by atoms with van der Waals surface area (Å²) >= 11 is 1.45. The third-order valence-corrected chi connectivity index (χ3v) is 7.89. The Morgan fingerprint density at radius 3 is 2.87 bits per heavy atom. The van der Waals surface area contributed by atoms with E-state index in [1.165, 1.54) is 16.9 Å². The third-order valence-electron chi connectivity index (χ3n) is 7.08. The first-order valence-electron chi connectivity index (χ1n) is 10.4. The first kappa shape index (κ1) is 19.2. The maximum atomic E-state index is 13.4. The van der Waals surface area contributed by atoms with Gasteiger partial charge in [0.2, 0.25) is 11.8 Å². The lowest BCUT2D eigenvalue weighted by atomic mass is 9.48. The molecule has 2 aliphatic carbocycles. The average molecular weight is 420 g/mol. The Bertz CT molecular complexity index is 1060. The van der Waals surface area contributed by atoms with E-state index < -0.39 is 5.41 Å². The average Bonchev–Trinajstić information content (AvgIpc) is 3.17. The number of allylic oxidation sites excluding steroid dienone is 3. The van der Waals surface area contributed by atoms with Crippen LogP contribution in [-0.2, 0) is 16.0 Å². The zero-order valence-corrected chi connectivity index (χ0v) is 17.9. The molecule has 2 aromatic rings. The number of nitrogens with one attached hydrogen (secondary N) is 2. The number of hydrogen-bond donors (Lipinski definition) is 2. The van der Waals surface area contributed by atoms with Crippen molar-refractivity contribution in [2.45, 2.75) is 32.7 Å². The highest BCUT2D eigenvalue weighted by Gasteiger charge is 2.64. The summed E-state index contributed by atoms with van der Waals surface area (Å²) in [7, 11) is 0. The van der Waals surface area contributed by atoms with Crippen molar-refractivity contribution in [3.05, 3.63) is 71.3 Å². The van der Waals surface area contributed by atoms with Gasteiger partial charge in [0.15, 0.2) is 5.13 Å². The number of thiazole rings is 1. The van der Waals surface area contributed by atoms with Crippen LogP contribution in [0.1, 0.15) is 31.5 Å². The number of aromatic nitrogens is 1. The lowest BCUT2D eigenvalue weighted by Crippen LogP contribution is -2.72. The molecule has 6 rings (SSSR count). The van der Waals surface area contributed by atoms with Gasteiger partial charge in [0.25, 0.3) is 0 Å². The maximum Gasteiger partial charge on any atom is 0.234 e. The minimum atomic E-state index is -0.690. The summed E-state index contributed by atoms with van der Waals surface area (Å²) in [6, 6.07) is 9.92. The van der Waals surface area contributed by atoms with Crippen LogP contribution in [0.5, 0.6) is 0 Å². The van der Waals surface area contributed by atoms with Gasteiger partial charge in [0, 0.05) is 23.1 Å². The van der Waals surface area contributed by atoms with Crippen molar-refractivity contribution in [3.63, 3.8) is 0 Å². The third kappa shape index (κ3) is 2.93. The number of fused-ring (bicyclic) bond motifs is 2. The molecular formula is C24H25N3O2S. The molecule has 1 aromatic carbocycles. The van der Waals surface area contributed by atoms with Crippen LogP contribution in [0.25, 0.3) is 0 Å². The number of nitrogens with zero attached hydrogens (tertiary/aromatic N) is 1. The van der Waals surface area contributed by atoms with Gasteiger partial charge in [-0.05, 0) is 24.8 Å². The zero-order valence-electron chi connectivity index (χ0n) is 17.1. The maximum absolute atomic E-state index is 13.4. The predicted molar refractivity (Wildman–Crippen MR) is 118 cm³/mol. The molecule has 2 saturated heterocycles. The molecular weight excluding hydrogens is 394 g/mol. The van der Waals surface area contributed by atoms with Crippen molar-refractivity contribution in [2.24, 2.45) is 22.7 Å². The lowest BCUT2D eigenvalue weighted by molar-refractivity contribution is -0.156. The van der Waals surface area contributed by atoms with E-state index in [2.05, 4.69) is 46.8 Å². The van der Waals surface area contributed by atoms with E-state index in [9.17, 15) is 9.59 Å². The Kier molecular flexibility index (Phi) is 4.43. The second kappa shape index (κ2) is 6.91. The molecule has 2 bridgehead atoms. The van der Waals surface area contributed by atoms with Crippen molar-refractivity contribution >= 4 is 28.3 Å². The smallest absolute Gasteiger partial charge is 0.234 e. The number of anilines is 1. The molecule has 4 aliphatic rings. The molecule has 5 atom stereocenters.